The second-order valence-electron chi connectivity index (χ2n) is 15.1. The molecule has 269 valence electrons. The van der Waals surface area contributed by atoms with E-state index in [1.54, 1.807) is 11.3 Å². The summed E-state index contributed by atoms with van der Waals surface area (Å²) in [5.74, 6) is 2.88. The van der Waals surface area contributed by atoms with Crippen molar-refractivity contribution in [1.82, 2.24) is 14.5 Å². The number of aromatic nitrogens is 3. The molecule has 4 aromatic heterocycles. The normalized spacial score (nSPS) is 14.2. The van der Waals surface area contributed by atoms with Gasteiger partial charge in [0.1, 0.15) is 18.4 Å². The molecule has 0 unspecified atom stereocenters. The number of hydrogen-bond donors (Lipinski definition) is 0. The number of fused-ring (bicyclic) bond motifs is 9. The van der Waals surface area contributed by atoms with Crippen LogP contribution in [-0.2, 0) is 5.41 Å². The highest BCUT2D eigenvalue weighted by Crippen LogP contribution is 2.50. The van der Waals surface area contributed by atoms with Crippen molar-refractivity contribution in [2.24, 2.45) is 0 Å². The third kappa shape index (κ3) is 4.98. The van der Waals surface area contributed by atoms with E-state index < -0.39 is 0 Å². The van der Waals surface area contributed by atoms with Gasteiger partial charge in [-0.15, -0.1) is 17.3 Å². The molecule has 0 spiro atoms. The van der Waals surface area contributed by atoms with Gasteiger partial charge in [0.15, 0.2) is 11.4 Å². The first-order valence-electron chi connectivity index (χ1n) is 19.2. The number of thiophene rings is 1. The number of benzene rings is 5. The van der Waals surface area contributed by atoms with Gasteiger partial charge < -0.3 is 8.98 Å². The van der Waals surface area contributed by atoms with E-state index in [4.69, 9.17) is 14.4 Å². The average molecular weight is 741 g/mol. The summed E-state index contributed by atoms with van der Waals surface area (Å²) in [5.41, 5.74) is 15.2. The van der Waals surface area contributed by atoms with Crippen LogP contribution in [0.4, 0.5) is 0 Å². The summed E-state index contributed by atoms with van der Waals surface area (Å²) >= 11 is 1.74. The molecule has 0 aliphatic carbocycles. The monoisotopic (exact) mass is 740 g/mol. The van der Waals surface area contributed by atoms with E-state index in [1.165, 1.54) is 38.8 Å². The average Bonchev–Trinajstić information content (AvgIpc) is 3.88. The molecule has 1 aliphatic heterocycles. The first kappa shape index (κ1) is 34.3. The molecule has 0 amide bonds. The van der Waals surface area contributed by atoms with Crippen LogP contribution in [0, 0.1) is 0 Å². The summed E-state index contributed by atoms with van der Waals surface area (Å²) in [6.45, 7) is 15.1. The van der Waals surface area contributed by atoms with Crippen molar-refractivity contribution in [1.29, 1.82) is 0 Å². The minimum atomic E-state index is -0.235. The van der Waals surface area contributed by atoms with Crippen LogP contribution in [0.3, 0.4) is 0 Å². The van der Waals surface area contributed by atoms with Crippen molar-refractivity contribution in [3.8, 4) is 17.1 Å². The highest BCUT2D eigenvalue weighted by molar-refractivity contribution is 7.20. The van der Waals surface area contributed by atoms with Crippen molar-refractivity contribution in [3.05, 3.63) is 161 Å². The van der Waals surface area contributed by atoms with Crippen LogP contribution in [0.15, 0.2) is 132 Å². The fourth-order valence-corrected chi connectivity index (χ4v) is 9.96. The van der Waals surface area contributed by atoms with Crippen molar-refractivity contribution < 1.29 is 4.42 Å². The van der Waals surface area contributed by atoms with E-state index in [0.717, 1.165) is 70.3 Å². The van der Waals surface area contributed by atoms with E-state index in [0.29, 0.717) is 5.82 Å². The first-order valence-corrected chi connectivity index (χ1v) is 20.0. The molecule has 0 atom stereocenters. The highest BCUT2D eigenvalue weighted by Gasteiger charge is 2.36. The standard InChI is InChI=1S/C50H39BN3OS/c1-7-15-32-33-18-13-20-37(48(33)56-43(32)8-2)49-52-40-22-11-9-16-34(40)44(53-49)31(28-51-6)26-29(3)30-24-25-41-39(27-30)50(4,5)38-21-14-19-36-45(38)54(41)46-35-17-10-12-23-42(35)55-47(36)46/h7-28H,2H2,1,3-6H3/b15-7-,29-26+,31-28+. The van der Waals surface area contributed by atoms with Gasteiger partial charge in [0.2, 0.25) is 0 Å². The van der Waals surface area contributed by atoms with E-state index in [1.807, 2.05) is 12.1 Å². The fraction of sp³-hybridized carbons (Fsp3) is 0.120. The lowest BCUT2D eigenvalue weighted by molar-refractivity contribution is 0.630. The van der Waals surface area contributed by atoms with Crippen LogP contribution >= 0.6 is 11.3 Å². The Bertz CT molecular complexity index is 3200. The zero-order valence-corrected chi connectivity index (χ0v) is 33.0. The van der Waals surface area contributed by atoms with E-state index >= 15 is 0 Å². The molecule has 10 rings (SSSR count). The van der Waals surface area contributed by atoms with E-state index in [2.05, 4.69) is 174 Å². The fourth-order valence-electron chi connectivity index (χ4n) is 8.81. The van der Waals surface area contributed by atoms with Crippen molar-refractivity contribution in [2.75, 3.05) is 0 Å². The number of allylic oxidation sites excluding steroid dienone is 4. The van der Waals surface area contributed by atoms with Gasteiger partial charge in [0.25, 0.3) is 0 Å². The Morgan fingerprint density at radius 3 is 2.43 bits per heavy atom. The summed E-state index contributed by atoms with van der Waals surface area (Å²) in [6.07, 6.45) is 8.48. The summed E-state index contributed by atoms with van der Waals surface area (Å²) in [6, 6.07) is 36.8. The summed E-state index contributed by atoms with van der Waals surface area (Å²) in [4.78, 5) is 11.7. The second kappa shape index (κ2) is 12.9. The molecule has 1 radical (unpaired) electrons. The maximum atomic E-state index is 6.54. The zero-order chi connectivity index (χ0) is 38.3. The summed E-state index contributed by atoms with van der Waals surface area (Å²) < 4.78 is 10.1. The van der Waals surface area contributed by atoms with Crippen LogP contribution in [0.2, 0.25) is 6.82 Å². The summed E-state index contributed by atoms with van der Waals surface area (Å²) in [5, 5.41) is 4.49. The van der Waals surface area contributed by atoms with Crippen LogP contribution in [0.25, 0.3) is 94.3 Å². The quantitative estimate of drug-likeness (QED) is 0.121. The molecule has 0 bridgehead atoms. The molecule has 5 heterocycles. The third-order valence-electron chi connectivity index (χ3n) is 11.5. The smallest absolute Gasteiger partial charge is 0.161 e. The molecule has 0 N–H and O–H groups in total. The van der Waals surface area contributed by atoms with Gasteiger partial charge in [-0.1, -0.05) is 112 Å². The highest BCUT2D eigenvalue weighted by atomic mass is 32.1. The molecule has 5 aromatic carbocycles. The maximum absolute atomic E-state index is 6.54. The minimum Gasteiger partial charge on any atom is -0.454 e. The number of furan rings is 1. The van der Waals surface area contributed by atoms with Crippen LogP contribution < -0.4 is 0 Å². The molecule has 1 aliphatic rings. The molecule has 56 heavy (non-hydrogen) atoms. The number of rotatable bonds is 7. The van der Waals surface area contributed by atoms with Crippen molar-refractivity contribution >= 4 is 95.9 Å². The second-order valence-corrected chi connectivity index (χ2v) is 16.2. The molecular formula is C50H39BN3OS. The van der Waals surface area contributed by atoms with Crippen LogP contribution in [0.1, 0.15) is 60.5 Å². The molecule has 4 nitrogen and oxygen atoms in total. The minimum absolute atomic E-state index is 0.235. The predicted molar refractivity (Wildman–Crippen MR) is 241 cm³/mol. The van der Waals surface area contributed by atoms with Crippen LogP contribution in [0.5, 0.6) is 0 Å². The van der Waals surface area contributed by atoms with E-state index in [9.17, 15) is 0 Å². The Hall–Kier alpha value is -6.24. The lowest BCUT2D eigenvalue weighted by Gasteiger charge is -2.35. The van der Waals surface area contributed by atoms with Gasteiger partial charge in [-0.3, -0.25) is 0 Å². The maximum Gasteiger partial charge on any atom is 0.161 e. The molecule has 6 heteroatoms. The van der Waals surface area contributed by atoms with Gasteiger partial charge >= 0.3 is 0 Å². The van der Waals surface area contributed by atoms with Gasteiger partial charge in [-0.05, 0) is 89.7 Å². The lowest BCUT2D eigenvalue weighted by Crippen LogP contribution is -2.26. The van der Waals surface area contributed by atoms with Crippen molar-refractivity contribution in [3.63, 3.8) is 0 Å². The van der Waals surface area contributed by atoms with Gasteiger partial charge in [0.05, 0.1) is 22.4 Å². The molecule has 0 saturated carbocycles. The van der Waals surface area contributed by atoms with Gasteiger partial charge in [0, 0.05) is 42.1 Å². The predicted octanol–water partition coefficient (Wildman–Crippen LogP) is 13.9. The Balaban J connectivity index is 1.13. The van der Waals surface area contributed by atoms with Gasteiger partial charge in [-0.2, -0.15) is 0 Å². The summed E-state index contributed by atoms with van der Waals surface area (Å²) in [7, 11) is 2.10. The lowest BCUT2D eigenvalue weighted by atomic mass is 9.74. The van der Waals surface area contributed by atoms with Crippen molar-refractivity contribution in [2.45, 2.75) is 39.9 Å². The number of hydrogen-bond acceptors (Lipinski definition) is 4. The Kier molecular flexibility index (Phi) is 7.91. The Morgan fingerprint density at radius 1 is 0.839 bits per heavy atom. The molecular weight excluding hydrogens is 701 g/mol. The SMILES string of the molecule is C=Cc1sc2c(-c3nc(C(/C=C(\C)c4ccc5c(c4)C(C)(C)c4cccc6c7oc8ccccc8c7n-5c46)=C/[B]C)c4ccccc4n3)cccc2c1/C=C\C. The third-order valence-corrected chi connectivity index (χ3v) is 12.7. The zero-order valence-electron chi connectivity index (χ0n) is 32.1. The first-order chi connectivity index (χ1) is 27.3. The molecule has 0 fully saturated rings. The Morgan fingerprint density at radius 2 is 1.61 bits per heavy atom. The number of nitrogens with zero attached hydrogens (tertiary/aromatic N) is 3. The Labute approximate surface area is 331 Å². The number of para-hydroxylation sites is 3. The molecule has 0 saturated heterocycles. The molecule has 9 aromatic rings. The van der Waals surface area contributed by atoms with Crippen LogP contribution in [-0.4, -0.2) is 21.8 Å². The van der Waals surface area contributed by atoms with E-state index in [-0.39, 0.29) is 5.41 Å². The van der Waals surface area contributed by atoms with Gasteiger partial charge in [-0.25, -0.2) is 9.97 Å². The topological polar surface area (TPSA) is 43.9 Å². The largest absolute Gasteiger partial charge is 0.454 e.